The number of alkyl halides is 2. The number of carbonyl (C=O) groups is 1. The zero-order chi connectivity index (χ0) is 27.5. The lowest BCUT2D eigenvalue weighted by atomic mass is 9.78. The third kappa shape index (κ3) is 6.62. The SMILES string of the molecule is CN/C=C1\NC(=O)C2=COC(C3=CC(NC=C3)NCC(F)(F)SN3CCC(C)(CC3)CCN(C)C1=N)N2C. The lowest BCUT2D eigenvalue weighted by Gasteiger charge is -2.40. The van der Waals surface area contributed by atoms with E-state index in [2.05, 4.69) is 28.2 Å². The van der Waals surface area contributed by atoms with Crippen molar-refractivity contribution in [2.75, 3.05) is 47.3 Å². The average Bonchev–Trinajstić information content (AvgIpc) is 3.28. The molecule has 0 aliphatic carbocycles. The minimum Gasteiger partial charge on any atom is -0.472 e. The van der Waals surface area contributed by atoms with Crippen LogP contribution in [0.25, 0.3) is 0 Å². The van der Waals surface area contributed by atoms with Gasteiger partial charge in [0.25, 0.3) is 5.91 Å². The van der Waals surface area contributed by atoms with Gasteiger partial charge in [0.05, 0.1) is 18.4 Å². The second-order valence-electron chi connectivity index (χ2n) is 10.4. The van der Waals surface area contributed by atoms with Crippen LogP contribution < -0.4 is 21.3 Å². The number of hydrogen-bond acceptors (Lipinski definition) is 9. The number of hydrogen-bond donors (Lipinski definition) is 5. The van der Waals surface area contributed by atoms with Crippen LogP contribution in [0.3, 0.4) is 0 Å². The number of piperidine rings is 1. The van der Waals surface area contributed by atoms with Crippen molar-refractivity contribution in [2.24, 2.45) is 5.41 Å². The average molecular weight is 553 g/mol. The number of halogens is 2. The van der Waals surface area contributed by atoms with E-state index in [1.54, 1.807) is 52.8 Å². The Morgan fingerprint density at radius 2 is 1.95 bits per heavy atom. The fourth-order valence-electron chi connectivity index (χ4n) is 4.84. The van der Waals surface area contributed by atoms with Crippen molar-refractivity contribution in [1.29, 1.82) is 5.41 Å². The second-order valence-corrected chi connectivity index (χ2v) is 11.7. The first-order chi connectivity index (χ1) is 18.0. The van der Waals surface area contributed by atoms with Gasteiger partial charge in [0.1, 0.15) is 17.8 Å². The molecule has 0 aromatic carbocycles. The van der Waals surface area contributed by atoms with E-state index < -0.39 is 30.1 Å². The number of fused-ring (bicyclic) bond motifs is 11. The van der Waals surface area contributed by atoms with Crippen LogP contribution in [0, 0.1) is 10.8 Å². The standard InChI is InChI=1S/C25H38F2N8O2S/c1-24-6-10-33(3)21(28)18(14-29-2)32-22(36)19-15-37-23(34(19)4)17-5-9-30-20(13-17)31-16-25(26,27)38-35(11-7-24)12-8-24/h5,9,13-15,20,23,28-31H,6-8,10-12,16H2,1-4H3,(H,32,36)/b18-14-,28-21?. The number of nitrogens with one attached hydrogen (secondary N) is 5. The number of likely N-dealkylation sites (N-methyl/N-ethyl adjacent to an activating group) is 2. The highest BCUT2D eigenvalue weighted by Gasteiger charge is 2.38. The number of ether oxygens (including phenoxy) is 1. The van der Waals surface area contributed by atoms with Crippen LogP contribution in [0.4, 0.5) is 8.78 Å². The highest BCUT2D eigenvalue weighted by atomic mass is 32.2. The maximum absolute atomic E-state index is 14.9. The zero-order valence-electron chi connectivity index (χ0n) is 22.3. The lowest BCUT2D eigenvalue weighted by Crippen LogP contribution is -2.46. The van der Waals surface area contributed by atoms with Gasteiger partial charge in [-0.2, -0.15) is 8.78 Å². The van der Waals surface area contributed by atoms with Crippen molar-refractivity contribution in [2.45, 2.75) is 43.8 Å². The molecule has 5 N–H and O–H groups in total. The molecule has 210 valence electrons. The summed E-state index contributed by atoms with van der Waals surface area (Å²) in [5.41, 5.74) is 1.33. The summed E-state index contributed by atoms with van der Waals surface area (Å²) >= 11 is 0.611. The van der Waals surface area contributed by atoms with Crippen LogP contribution in [0.15, 0.2) is 47.8 Å². The Hall–Kier alpha value is -2.77. The quantitative estimate of drug-likeness (QED) is 0.312. The number of amides is 1. The molecule has 0 aromatic rings. The van der Waals surface area contributed by atoms with Gasteiger partial charge < -0.3 is 30.5 Å². The largest absolute Gasteiger partial charge is 0.472 e. The number of rotatable bonds is 1. The molecule has 2 unspecified atom stereocenters. The predicted molar refractivity (Wildman–Crippen MR) is 145 cm³/mol. The van der Waals surface area contributed by atoms with Crippen molar-refractivity contribution in [1.82, 2.24) is 35.4 Å². The minimum absolute atomic E-state index is 0.0166. The van der Waals surface area contributed by atoms with Gasteiger partial charge in [-0.15, -0.1) is 0 Å². The van der Waals surface area contributed by atoms with Crippen molar-refractivity contribution in [3.8, 4) is 0 Å². The van der Waals surface area contributed by atoms with Crippen molar-refractivity contribution in [3.05, 3.63) is 47.8 Å². The highest BCUT2D eigenvalue weighted by molar-refractivity contribution is 7.98. The maximum atomic E-state index is 14.9. The summed E-state index contributed by atoms with van der Waals surface area (Å²) in [5, 5.41) is 17.4. The van der Waals surface area contributed by atoms with Gasteiger partial charge in [0.15, 0.2) is 6.23 Å². The Morgan fingerprint density at radius 1 is 1.24 bits per heavy atom. The van der Waals surface area contributed by atoms with Gasteiger partial charge in [-0.1, -0.05) is 6.92 Å². The molecule has 5 aliphatic rings. The summed E-state index contributed by atoms with van der Waals surface area (Å²) in [6.07, 6.45) is 9.51. The van der Waals surface area contributed by atoms with Crippen LogP contribution in [0.5, 0.6) is 0 Å². The van der Waals surface area contributed by atoms with Crippen LogP contribution in [-0.4, -0.2) is 90.8 Å². The molecule has 2 atom stereocenters. The summed E-state index contributed by atoms with van der Waals surface area (Å²) in [7, 11) is 5.26. The molecule has 0 saturated carbocycles. The van der Waals surface area contributed by atoms with E-state index in [0.29, 0.717) is 37.3 Å². The molecule has 10 nitrogen and oxygen atoms in total. The number of nitrogens with zero attached hydrogens (tertiary/aromatic N) is 3. The molecule has 1 fully saturated rings. The van der Waals surface area contributed by atoms with Gasteiger partial charge in [0.2, 0.25) is 0 Å². The van der Waals surface area contributed by atoms with Crippen molar-refractivity contribution in [3.63, 3.8) is 0 Å². The molecule has 38 heavy (non-hydrogen) atoms. The van der Waals surface area contributed by atoms with E-state index in [-0.39, 0.29) is 16.9 Å². The first kappa shape index (κ1) is 28.2. The summed E-state index contributed by atoms with van der Waals surface area (Å²) in [6.45, 7) is 3.43. The smallest absolute Gasteiger partial charge is 0.319 e. The Bertz CT molecular complexity index is 1040. The Balaban J connectivity index is 1.57. The molecule has 5 rings (SSSR count). The molecule has 1 saturated heterocycles. The normalized spacial score (nSPS) is 33.5. The van der Waals surface area contributed by atoms with Gasteiger partial charge >= 0.3 is 5.25 Å². The van der Waals surface area contributed by atoms with Crippen LogP contribution in [0.1, 0.15) is 26.2 Å². The fourth-order valence-corrected chi connectivity index (χ4v) is 5.73. The maximum Gasteiger partial charge on any atom is 0.319 e. The summed E-state index contributed by atoms with van der Waals surface area (Å²) in [6, 6.07) is 0. The molecule has 1 amide bonds. The summed E-state index contributed by atoms with van der Waals surface area (Å²) in [5.74, 6) is -0.240. The lowest BCUT2D eigenvalue weighted by molar-refractivity contribution is -0.118. The molecule has 0 aromatic heterocycles. The number of carbonyl (C=O) groups excluding carboxylic acids is 1. The minimum atomic E-state index is -2.97. The summed E-state index contributed by atoms with van der Waals surface area (Å²) < 4.78 is 37.3. The molecular weight excluding hydrogens is 514 g/mol. The third-order valence-electron chi connectivity index (χ3n) is 7.41. The van der Waals surface area contributed by atoms with E-state index >= 15 is 0 Å². The molecule has 6 bridgehead atoms. The van der Waals surface area contributed by atoms with Crippen molar-refractivity contribution >= 4 is 23.7 Å². The monoisotopic (exact) mass is 552 g/mol. The fraction of sp³-hybridized carbons (Fsp3) is 0.600. The molecule has 13 heteroatoms. The highest BCUT2D eigenvalue weighted by Crippen LogP contribution is 2.40. The van der Waals surface area contributed by atoms with Crippen LogP contribution in [0.2, 0.25) is 0 Å². The third-order valence-corrected chi connectivity index (χ3v) is 8.45. The van der Waals surface area contributed by atoms with Crippen LogP contribution in [-0.2, 0) is 9.53 Å². The van der Waals surface area contributed by atoms with Gasteiger partial charge in [-0.3, -0.25) is 15.5 Å². The summed E-state index contributed by atoms with van der Waals surface area (Å²) in [4.78, 5) is 16.7. The molecular formula is C25H38F2N8O2S. The van der Waals surface area contributed by atoms with E-state index in [1.165, 1.54) is 6.26 Å². The second kappa shape index (κ2) is 11.5. The first-order valence-corrected chi connectivity index (χ1v) is 13.5. The van der Waals surface area contributed by atoms with Gasteiger partial charge in [-0.25, -0.2) is 4.31 Å². The zero-order valence-corrected chi connectivity index (χ0v) is 23.1. The van der Waals surface area contributed by atoms with E-state index in [9.17, 15) is 13.6 Å². The van der Waals surface area contributed by atoms with Crippen molar-refractivity contribution < 1.29 is 18.3 Å². The van der Waals surface area contributed by atoms with Gasteiger partial charge in [-0.05, 0) is 55.0 Å². The number of dihydropyridines is 1. The molecule has 0 spiro atoms. The van der Waals surface area contributed by atoms with E-state index in [1.807, 2.05) is 7.05 Å². The Kier molecular flexibility index (Phi) is 8.58. The predicted octanol–water partition coefficient (Wildman–Crippen LogP) is 1.91. The van der Waals surface area contributed by atoms with E-state index in [4.69, 9.17) is 10.1 Å². The Labute approximate surface area is 227 Å². The molecule has 5 aliphatic heterocycles. The number of amidine groups is 1. The Morgan fingerprint density at radius 3 is 2.66 bits per heavy atom. The topological polar surface area (TPSA) is 108 Å². The molecule has 0 radical (unpaired) electrons. The van der Waals surface area contributed by atoms with E-state index in [0.717, 1.165) is 24.8 Å². The molecule has 5 heterocycles. The first-order valence-electron chi connectivity index (χ1n) is 12.8. The van der Waals surface area contributed by atoms with Gasteiger partial charge in [0, 0.05) is 52.6 Å². The van der Waals surface area contributed by atoms with Crippen LogP contribution >= 0.6 is 11.9 Å².